The van der Waals surface area contributed by atoms with Crippen LogP contribution in [0.25, 0.3) is 0 Å². The van der Waals surface area contributed by atoms with Crippen LogP contribution >= 0.6 is 31.9 Å². The first-order chi connectivity index (χ1) is 67.3. The third-order valence-corrected chi connectivity index (χ3v) is 31.7. The van der Waals surface area contributed by atoms with E-state index in [1.807, 2.05) is 52.5 Å². The highest BCUT2D eigenvalue weighted by Crippen LogP contribution is 2.53. The van der Waals surface area contributed by atoms with Crippen LogP contribution in [-0.2, 0) is 69.8 Å². The van der Waals surface area contributed by atoms with Crippen molar-refractivity contribution in [2.45, 2.75) is 312 Å². The molecule has 4 heterocycles. The molecule has 16 rings (SSSR count). The molecule has 2 aliphatic carbocycles. The zero-order valence-electron chi connectivity index (χ0n) is 87.4. The maximum atomic E-state index is 14.0. The van der Waals surface area contributed by atoms with E-state index < -0.39 is 5.41 Å². The number of carbonyl (C=O) groups excluding carboxylic acids is 2. The van der Waals surface area contributed by atoms with Gasteiger partial charge < -0.3 is 29.8 Å². The molecule has 141 heavy (non-hydrogen) atoms. The summed E-state index contributed by atoms with van der Waals surface area (Å²) < 4.78 is 6.22. The molecule has 0 atom stereocenters. The molecule has 10 aromatic carbocycles. The van der Waals surface area contributed by atoms with Crippen LogP contribution in [0.15, 0.2) is 297 Å². The van der Waals surface area contributed by atoms with E-state index in [1.165, 1.54) is 239 Å². The summed E-state index contributed by atoms with van der Waals surface area (Å²) in [4.78, 5) is 36.0. The van der Waals surface area contributed by atoms with Gasteiger partial charge in [0.15, 0.2) is 23.0 Å². The summed E-state index contributed by atoms with van der Waals surface area (Å²) in [5.74, 6) is -0.758. The molecule has 0 bridgehead atoms. The molecule has 0 N–H and O–H groups in total. The molecule has 6 aliphatic rings. The fraction of sp³-hybridized carbons (Fsp3) is 0.411. The fourth-order valence-corrected chi connectivity index (χ4v) is 22.5. The molecule has 0 spiro atoms. The number of hydrogen-bond acceptors (Lipinski definition) is 8. The predicted octanol–water partition coefficient (Wildman–Crippen LogP) is 32.4. The van der Waals surface area contributed by atoms with E-state index >= 15 is 0 Å². The van der Waals surface area contributed by atoms with Gasteiger partial charge in [-0.2, -0.15) is 9.15 Å². The molecule has 0 saturated carbocycles. The minimum absolute atomic E-state index is 0. The second kappa shape index (κ2) is 48.4. The molecule has 0 aromatic heterocycles. The molecule has 0 saturated heterocycles. The van der Waals surface area contributed by atoms with Crippen molar-refractivity contribution in [3.8, 4) is 0 Å². The molecule has 4 aliphatic heterocycles. The maximum absolute atomic E-state index is 14.0. The van der Waals surface area contributed by atoms with E-state index in [1.54, 1.807) is 12.2 Å². The first-order valence-corrected chi connectivity index (χ1v) is 54.3. The Morgan fingerprint density at radius 1 is 0.333 bits per heavy atom. The number of benzene rings is 10. The van der Waals surface area contributed by atoms with E-state index in [4.69, 9.17) is 0 Å². The van der Waals surface area contributed by atoms with Crippen molar-refractivity contribution in [1.29, 1.82) is 0 Å². The molecule has 10 nitrogen and oxygen atoms in total. The Morgan fingerprint density at radius 2 is 0.617 bits per heavy atom. The Morgan fingerprint density at radius 3 is 0.986 bits per heavy atom. The van der Waals surface area contributed by atoms with Crippen LogP contribution in [-0.4, -0.2) is 67.4 Å². The standard InChI is InChI=1S/C64H78N4O2.C36H50.C28H26Br2N2O2.CH4/c1-11-13-15-17-19-21-23-46-26-30-48(31-27-46)65(8)49-34-36-51(37-35-49)68(50-32-28-47(29-33-50)24-22-20-18-16-14-12-2)52-38-40-58-56(42-52)64(6,7)60(67(58)10)44-54-61(69)53(62(54)70)43-59-63(4,5)55-41-45(3)25-39-57(55)66(59)9;1-3-5-7-9-11-13-15-31-17-21-33(22-18-31)29-35-25-27-36(28-26-35)30-34-23-19-32(20-24-34)16-14-12-10-8-6-4-2;1-27(2)19-11-15(29)7-9-21(19)31(5)23(27)13-17-25(33)18(26(17)34)14-24-28(3,4)20-12-16(30)8-10-22(20)32(24)6;/h25-44H,11-24H2,1-10H3;17-28H,3-16,29-30H2,1-2H3;7-14H,1-6H3;1H4. The number of ketones is 2. The number of fused-ring (bicyclic) bond motifs is 4. The number of hydrogen-bond donors (Lipinski definition) is 0. The summed E-state index contributed by atoms with van der Waals surface area (Å²) in [5, 5.41) is 27.2. The molecule has 0 unspecified atom stereocenters. The van der Waals surface area contributed by atoms with Gasteiger partial charge >= 0.3 is 0 Å². The van der Waals surface area contributed by atoms with Crippen molar-refractivity contribution < 1.29 is 29.0 Å². The lowest BCUT2D eigenvalue weighted by Gasteiger charge is -2.32. The lowest BCUT2D eigenvalue weighted by atomic mass is 9.77. The van der Waals surface area contributed by atoms with Gasteiger partial charge in [-0.25, -0.2) is 0 Å². The maximum Gasteiger partial charge on any atom is 0.209 e. The number of halogens is 2. The minimum Gasteiger partial charge on any atom is -0.871 e. The van der Waals surface area contributed by atoms with Crippen LogP contribution in [0.1, 0.15) is 317 Å². The van der Waals surface area contributed by atoms with E-state index in [9.17, 15) is 19.8 Å². The lowest BCUT2D eigenvalue weighted by Crippen LogP contribution is -2.34. The van der Waals surface area contributed by atoms with Gasteiger partial charge in [0.1, 0.15) is 14.1 Å². The largest absolute Gasteiger partial charge is 0.871 e. The van der Waals surface area contributed by atoms with Crippen LogP contribution in [0.5, 0.6) is 0 Å². The molecular formula is C129H158Br2N6O4. The smallest absolute Gasteiger partial charge is 0.209 e. The van der Waals surface area contributed by atoms with E-state index in [-0.39, 0.29) is 69.0 Å². The van der Waals surface area contributed by atoms with E-state index in [2.05, 4.69) is 364 Å². The van der Waals surface area contributed by atoms with Crippen molar-refractivity contribution >= 4 is 106 Å². The number of likely N-dealkylation sites (N-methyl/N-ethyl adjacent to an activating group) is 2. The summed E-state index contributed by atoms with van der Waals surface area (Å²) >= 11 is 7.12. The Balaban J connectivity index is 0.000000197. The van der Waals surface area contributed by atoms with Crippen LogP contribution in [0.4, 0.5) is 51.2 Å². The Kier molecular flexibility index (Phi) is 36.9. The van der Waals surface area contributed by atoms with Crippen molar-refractivity contribution in [1.82, 2.24) is 0 Å². The number of anilines is 7. The van der Waals surface area contributed by atoms with Crippen LogP contribution < -0.4 is 29.8 Å². The second-order valence-electron chi connectivity index (χ2n) is 42.5. The van der Waals surface area contributed by atoms with E-state index in [0.29, 0.717) is 0 Å². The molecule has 742 valence electrons. The molecule has 0 radical (unpaired) electrons. The van der Waals surface area contributed by atoms with Gasteiger partial charge in [-0.1, -0.05) is 343 Å². The highest BCUT2D eigenvalue weighted by molar-refractivity contribution is 9.10. The summed E-state index contributed by atoms with van der Waals surface area (Å²) in [5.41, 5.74) is 30.5. The van der Waals surface area contributed by atoms with Crippen molar-refractivity contribution in [2.24, 2.45) is 0 Å². The third-order valence-electron chi connectivity index (χ3n) is 30.7. The molecule has 0 fully saturated rings. The number of carbonyl (C=O) groups is 2. The van der Waals surface area contributed by atoms with E-state index in [0.717, 1.165) is 109 Å². The zero-order chi connectivity index (χ0) is 99.7. The van der Waals surface area contributed by atoms with Gasteiger partial charge in [0.05, 0.1) is 10.8 Å². The van der Waals surface area contributed by atoms with Crippen molar-refractivity contribution in [3.05, 3.63) is 369 Å². The summed E-state index contributed by atoms with van der Waals surface area (Å²) in [6, 6.07) is 80.6. The van der Waals surface area contributed by atoms with Gasteiger partial charge in [0.25, 0.3) is 0 Å². The summed E-state index contributed by atoms with van der Waals surface area (Å²) in [7, 11) is 10.2. The summed E-state index contributed by atoms with van der Waals surface area (Å²) in [6.07, 6.45) is 46.0. The number of nitrogens with zero attached hydrogens (tertiary/aromatic N) is 6. The number of allylic oxidation sites excluding steroid dienone is 10. The second-order valence-corrected chi connectivity index (χ2v) is 44.3. The third kappa shape index (κ3) is 24.9. The van der Waals surface area contributed by atoms with Crippen LogP contribution in [0.2, 0.25) is 0 Å². The Labute approximate surface area is 864 Å². The number of rotatable bonds is 41. The van der Waals surface area contributed by atoms with Crippen molar-refractivity contribution in [3.63, 3.8) is 0 Å². The van der Waals surface area contributed by atoms with Gasteiger partial charge in [-0.15, -0.1) is 0 Å². The monoisotopic (exact) mass is 2010 g/mol. The minimum atomic E-state index is -0.488. The highest BCUT2D eigenvalue weighted by atomic mass is 79.9. The highest BCUT2D eigenvalue weighted by Gasteiger charge is 2.48. The fourth-order valence-electron chi connectivity index (χ4n) is 21.7. The molecule has 12 heteroatoms. The SMILES string of the molecule is C.CCCCCCCCc1ccc(Cc2ccc(Cc3ccc(CCCCCCCC)cc3)cc2)cc1.CCCCCCCCc1ccc(N(C)c2ccc(N(c3ccc(CCCCCCCC)cc3)c3ccc4c(c3)C(C)(C)/C(=C\C3=C([O-])C(=CC5=[N+](C)c6ccc(C)cc6C5(C)C)C3=O)N4C)cc2)cc1.CN1/C(=C/C2=C([O-])C(=C/C3=[N+](C)c4ccc(Br)cc4C3(C)C)/C2=O)C(C)(C)c2cc(Br)ccc21. The van der Waals surface area contributed by atoms with Gasteiger partial charge in [-0.05, 0) is 270 Å². The van der Waals surface area contributed by atoms with Crippen molar-refractivity contribution in [2.75, 3.05) is 54.8 Å². The van der Waals surface area contributed by atoms with Gasteiger partial charge in [-0.3, -0.25) is 9.59 Å². The topological polar surface area (TPSA) is 99.2 Å². The normalized spacial score (nSPS) is 16.7. The van der Waals surface area contributed by atoms with Gasteiger partial charge in [0.2, 0.25) is 11.4 Å². The number of aryl methyl sites for hydroxylation is 5. The lowest BCUT2D eigenvalue weighted by molar-refractivity contribution is -0.401. The first-order valence-electron chi connectivity index (χ1n) is 52.7. The van der Waals surface area contributed by atoms with Crippen LogP contribution in [0.3, 0.4) is 0 Å². The Hall–Kier alpha value is -10.9. The number of unbranched alkanes of at least 4 members (excludes halogenated alkanes) is 20. The molecule has 0 amide bonds. The zero-order valence-corrected chi connectivity index (χ0v) is 90.6. The molecular weight excluding hydrogens is 1860 g/mol. The van der Waals surface area contributed by atoms with Crippen LogP contribution in [0, 0.1) is 6.92 Å². The summed E-state index contributed by atoms with van der Waals surface area (Å²) in [6.45, 7) is 28.5. The average Bonchev–Trinajstić information content (AvgIpc) is 1.58. The first kappa shape index (κ1) is 107. The average molecular weight is 2020 g/mol. The Bertz CT molecular complexity index is 6230. The van der Waals surface area contributed by atoms with Gasteiger partial charge in [0, 0.05) is 150 Å². The quantitative estimate of drug-likeness (QED) is 0.0212. The number of Topliss-reactive ketones (excluding diaryl/α,β-unsaturated/α-hetero) is 2. The molecule has 10 aromatic rings. The predicted molar refractivity (Wildman–Crippen MR) is 602 cm³/mol.